The van der Waals surface area contributed by atoms with Crippen molar-refractivity contribution in [3.8, 4) is 0 Å². The topological polar surface area (TPSA) is 66.3 Å². The van der Waals surface area contributed by atoms with Gasteiger partial charge < -0.3 is 15.1 Å². The number of nitrogens with zero attached hydrogens (tertiary/aromatic N) is 5. The fourth-order valence-electron chi connectivity index (χ4n) is 3.82. The number of amides is 1. The minimum absolute atomic E-state index is 0.210. The fraction of sp³-hybridized carbons (Fsp3) is 0.381. The smallest absolute Gasteiger partial charge is 0.257 e. The number of halogens is 1. The molecule has 0 radical (unpaired) electrons. The standard InChI is InChI=1S/C21H25ClN6O/c1-4-27-7-9-28(10-8-27)19-6-5-16(22)12-18(19)24-21(29)15-11-17-14(2)25-26(3)20(17)23-13-15/h5-6,11-13H,4,7-10H2,1-3H3,(H,24,29). The molecule has 7 nitrogen and oxygen atoms in total. The monoisotopic (exact) mass is 412 g/mol. The molecule has 29 heavy (non-hydrogen) atoms. The van der Waals surface area contributed by atoms with E-state index in [-0.39, 0.29) is 5.91 Å². The highest BCUT2D eigenvalue weighted by Crippen LogP contribution is 2.30. The quantitative estimate of drug-likeness (QED) is 0.712. The number of fused-ring (bicyclic) bond motifs is 1. The molecule has 1 aromatic carbocycles. The molecular formula is C21H25ClN6O. The van der Waals surface area contributed by atoms with Gasteiger partial charge in [-0.15, -0.1) is 0 Å². The highest BCUT2D eigenvalue weighted by Gasteiger charge is 2.20. The van der Waals surface area contributed by atoms with Gasteiger partial charge in [0, 0.05) is 49.8 Å². The predicted molar refractivity (Wildman–Crippen MR) is 117 cm³/mol. The molecule has 0 bridgehead atoms. The number of carbonyl (C=O) groups excluding carboxylic acids is 1. The van der Waals surface area contributed by atoms with Gasteiger partial charge in [0.2, 0.25) is 0 Å². The van der Waals surface area contributed by atoms with Crippen LogP contribution >= 0.6 is 11.6 Å². The van der Waals surface area contributed by atoms with Crippen LogP contribution in [0.5, 0.6) is 0 Å². The molecule has 1 aliphatic rings. The summed E-state index contributed by atoms with van der Waals surface area (Å²) in [5, 5.41) is 8.87. The van der Waals surface area contributed by atoms with Gasteiger partial charge in [-0.2, -0.15) is 5.10 Å². The Morgan fingerprint density at radius 3 is 2.69 bits per heavy atom. The van der Waals surface area contributed by atoms with E-state index in [0.717, 1.165) is 60.8 Å². The first-order valence-electron chi connectivity index (χ1n) is 9.84. The van der Waals surface area contributed by atoms with Crippen LogP contribution in [0, 0.1) is 6.92 Å². The van der Waals surface area contributed by atoms with Crippen molar-refractivity contribution in [3.05, 3.63) is 46.7 Å². The maximum Gasteiger partial charge on any atom is 0.257 e. The number of hydrogen-bond acceptors (Lipinski definition) is 5. The minimum atomic E-state index is -0.210. The van der Waals surface area contributed by atoms with Crippen molar-refractivity contribution in [2.45, 2.75) is 13.8 Å². The van der Waals surface area contributed by atoms with Gasteiger partial charge in [-0.25, -0.2) is 4.98 Å². The zero-order valence-corrected chi connectivity index (χ0v) is 17.7. The van der Waals surface area contributed by atoms with Crippen LogP contribution in [0.4, 0.5) is 11.4 Å². The Morgan fingerprint density at radius 2 is 1.97 bits per heavy atom. The van der Waals surface area contributed by atoms with Crippen LogP contribution in [0.15, 0.2) is 30.5 Å². The zero-order valence-electron chi connectivity index (χ0n) is 16.9. The van der Waals surface area contributed by atoms with Crippen molar-refractivity contribution >= 4 is 39.9 Å². The number of nitrogens with one attached hydrogen (secondary N) is 1. The molecule has 1 saturated heterocycles. The number of rotatable bonds is 4. The van der Waals surface area contributed by atoms with Gasteiger partial charge in [-0.1, -0.05) is 18.5 Å². The minimum Gasteiger partial charge on any atom is -0.367 e. The van der Waals surface area contributed by atoms with E-state index >= 15 is 0 Å². The highest BCUT2D eigenvalue weighted by atomic mass is 35.5. The summed E-state index contributed by atoms with van der Waals surface area (Å²) in [6.45, 7) is 9.00. The van der Waals surface area contributed by atoms with Gasteiger partial charge in [0.1, 0.15) is 0 Å². The fourth-order valence-corrected chi connectivity index (χ4v) is 3.99. The molecule has 8 heteroatoms. The lowest BCUT2D eigenvalue weighted by Gasteiger charge is -2.36. The molecule has 0 saturated carbocycles. The summed E-state index contributed by atoms with van der Waals surface area (Å²) in [6.07, 6.45) is 1.59. The van der Waals surface area contributed by atoms with Crippen molar-refractivity contribution < 1.29 is 4.79 Å². The van der Waals surface area contributed by atoms with E-state index in [4.69, 9.17) is 11.6 Å². The Labute approximate surface area is 175 Å². The molecule has 2 aromatic heterocycles. The molecular weight excluding hydrogens is 388 g/mol. The lowest BCUT2D eigenvalue weighted by atomic mass is 10.1. The SMILES string of the molecule is CCN1CCN(c2ccc(Cl)cc2NC(=O)c2cnc3c(c2)c(C)nn3C)CC1. The van der Waals surface area contributed by atoms with E-state index in [9.17, 15) is 4.79 Å². The number of carbonyl (C=O) groups is 1. The van der Waals surface area contributed by atoms with E-state index in [0.29, 0.717) is 10.6 Å². The van der Waals surface area contributed by atoms with Crippen LogP contribution < -0.4 is 10.2 Å². The van der Waals surface area contributed by atoms with Crippen molar-refractivity contribution in [2.24, 2.45) is 7.05 Å². The summed E-state index contributed by atoms with van der Waals surface area (Å²) in [4.78, 5) is 22.1. The maximum absolute atomic E-state index is 13.0. The summed E-state index contributed by atoms with van der Waals surface area (Å²) >= 11 is 6.23. The van der Waals surface area contributed by atoms with Crippen LogP contribution in [0.25, 0.3) is 11.0 Å². The average molecular weight is 413 g/mol. The number of aromatic nitrogens is 3. The lowest BCUT2D eigenvalue weighted by Crippen LogP contribution is -2.46. The second-order valence-electron chi connectivity index (χ2n) is 7.34. The van der Waals surface area contributed by atoms with Crippen molar-refractivity contribution in [1.29, 1.82) is 0 Å². The maximum atomic E-state index is 13.0. The molecule has 0 spiro atoms. The number of pyridine rings is 1. The number of hydrogen-bond donors (Lipinski definition) is 1. The first-order chi connectivity index (χ1) is 14.0. The number of benzene rings is 1. The Kier molecular flexibility index (Phi) is 5.43. The first-order valence-corrected chi connectivity index (χ1v) is 10.2. The van der Waals surface area contributed by atoms with Crippen LogP contribution in [-0.4, -0.2) is 58.3 Å². The normalized spacial score (nSPS) is 15.1. The van der Waals surface area contributed by atoms with Crippen LogP contribution in [-0.2, 0) is 7.05 Å². The second-order valence-corrected chi connectivity index (χ2v) is 7.78. The first kappa shape index (κ1) is 19.7. The summed E-state index contributed by atoms with van der Waals surface area (Å²) < 4.78 is 1.72. The third-order valence-electron chi connectivity index (χ3n) is 5.49. The van der Waals surface area contributed by atoms with Crippen molar-refractivity contribution in [1.82, 2.24) is 19.7 Å². The number of likely N-dealkylation sites (N-methyl/N-ethyl adjacent to an activating group) is 1. The second kappa shape index (κ2) is 8.00. The molecule has 0 aliphatic carbocycles. The third kappa shape index (κ3) is 3.93. The summed E-state index contributed by atoms with van der Waals surface area (Å²) in [6, 6.07) is 7.49. The molecule has 1 N–H and O–H groups in total. The van der Waals surface area contributed by atoms with E-state index in [2.05, 4.69) is 32.1 Å². The molecule has 1 fully saturated rings. The van der Waals surface area contributed by atoms with Crippen LogP contribution in [0.1, 0.15) is 23.0 Å². The van der Waals surface area contributed by atoms with Crippen LogP contribution in [0.2, 0.25) is 5.02 Å². The number of aryl methyl sites for hydroxylation is 2. The Hall–Kier alpha value is -2.64. The van der Waals surface area contributed by atoms with E-state index < -0.39 is 0 Å². The molecule has 1 amide bonds. The molecule has 0 atom stereocenters. The van der Waals surface area contributed by atoms with Crippen molar-refractivity contribution in [3.63, 3.8) is 0 Å². The molecule has 152 valence electrons. The van der Waals surface area contributed by atoms with Crippen LogP contribution in [0.3, 0.4) is 0 Å². The molecule has 3 heterocycles. The summed E-state index contributed by atoms with van der Waals surface area (Å²) in [5.74, 6) is -0.210. The zero-order chi connectivity index (χ0) is 20.5. The van der Waals surface area contributed by atoms with E-state index in [1.54, 1.807) is 10.9 Å². The van der Waals surface area contributed by atoms with Gasteiger partial charge in [0.15, 0.2) is 5.65 Å². The Balaban J connectivity index is 1.60. The van der Waals surface area contributed by atoms with Gasteiger partial charge in [0.05, 0.1) is 22.6 Å². The van der Waals surface area contributed by atoms with Gasteiger partial charge in [-0.05, 0) is 37.7 Å². The number of piperazine rings is 1. The predicted octanol–water partition coefficient (Wildman–Crippen LogP) is 3.32. The molecule has 1 aliphatic heterocycles. The van der Waals surface area contributed by atoms with E-state index in [1.807, 2.05) is 38.2 Å². The van der Waals surface area contributed by atoms with Crippen molar-refractivity contribution in [2.75, 3.05) is 42.9 Å². The van der Waals surface area contributed by atoms with Gasteiger partial charge in [0.25, 0.3) is 5.91 Å². The van der Waals surface area contributed by atoms with Gasteiger partial charge >= 0.3 is 0 Å². The summed E-state index contributed by atoms with van der Waals surface area (Å²) in [7, 11) is 1.85. The van der Waals surface area contributed by atoms with Gasteiger partial charge in [-0.3, -0.25) is 9.48 Å². The lowest BCUT2D eigenvalue weighted by molar-refractivity contribution is 0.102. The average Bonchev–Trinajstić information content (AvgIpc) is 3.01. The Bertz CT molecular complexity index is 1050. The Morgan fingerprint density at radius 1 is 1.21 bits per heavy atom. The third-order valence-corrected chi connectivity index (χ3v) is 5.73. The molecule has 4 rings (SSSR count). The number of anilines is 2. The molecule has 0 unspecified atom stereocenters. The largest absolute Gasteiger partial charge is 0.367 e. The molecule has 3 aromatic rings. The summed E-state index contributed by atoms with van der Waals surface area (Å²) in [5.41, 5.74) is 3.81. The highest BCUT2D eigenvalue weighted by molar-refractivity contribution is 6.31. The van der Waals surface area contributed by atoms with E-state index in [1.165, 1.54) is 0 Å².